The number of nitrogens with zero attached hydrogens (tertiary/aromatic N) is 2. The first-order valence-corrected chi connectivity index (χ1v) is 7.44. The van der Waals surface area contributed by atoms with Gasteiger partial charge in [0.2, 0.25) is 0 Å². The molecular weight excluding hydrogens is 294 g/mol. The highest BCUT2D eigenvalue weighted by molar-refractivity contribution is 5.72. The zero-order valence-corrected chi connectivity index (χ0v) is 13.3. The first kappa shape index (κ1) is 15.4. The van der Waals surface area contributed by atoms with Gasteiger partial charge in [0.15, 0.2) is 0 Å². The molecule has 0 unspecified atom stereocenters. The average Bonchev–Trinajstić information content (AvgIpc) is 2.50. The van der Waals surface area contributed by atoms with Crippen molar-refractivity contribution in [3.8, 4) is 11.4 Å². The Morgan fingerprint density at radius 2 is 1.70 bits per heavy atom. The van der Waals surface area contributed by atoms with E-state index in [1.807, 2.05) is 6.07 Å². The first-order valence-electron chi connectivity index (χ1n) is 7.44. The summed E-state index contributed by atoms with van der Waals surface area (Å²) in [4.78, 5) is 20.8. The number of fused-ring (bicyclic) bond motifs is 3. The fourth-order valence-electron chi connectivity index (χ4n) is 2.66. The third-order valence-electron chi connectivity index (χ3n) is 3.54. The summed E-state index contributed by atoms with van der Waals surface area (Å²) in [5, 5.41) is 13.4. The van der Waals surface area contributed by atoms with Crippen LogP contribution >= 0.6 is 0 Å². The van der Waals surface area contributed by atoms with Crippen molar-refractivity contribution < 1.29 is 14.6 Å². The van der Waals surface area contributed by atoms with E-state index in [4.69, 9.17) is 4.74 Å². The molecule has 2 aromatic heterocycles. The van der Waals surface area contributed by atoms with Crippen molar-refractivity contribution in [3.05, 3.63) is 47.8 Å². The molecule has 6 heteroatoms. The molecule has 6 nitrogen and oxygen atoms in total. The Bertz CT molecular complexity index is 740. The molecule has 1 aliphatic rings. The minimum absolute atomic E-state index is 0.580. The lowest BCUT2D eigenvalue weighted by atomic mass is 9.86. The van der Waals surface area contributed by atoms with Crippen molar-refractivity contribution in [1.29, 1.82) is 0 Å². The minimum atomic E-state index is -0.914. The van der Waals surface area contributed by atoms with Crippen LogP contribution < -0.4 is 5.32 Å². The molecule has 0 saturated heterocycles. The van der Waals surface area contributed by atoms with Crippen LogP contribution in [0.2, 0.25) is 0 Å². The van der Waals surface area contributed by atoms with Gasteiger partial charge >= 0.3 is 6.09 Å². The van der Waals surface area contributed by atoms with Gasteiger partial charge in [0, 0.05) is 23.5 Å². The van der Waals surface area contributed by atoms with Crippen LogP contribution in [-0.4, -0.2) is 26.8 Å². The molecule has 0 aliphatic heterocycles. The van der Waals surface area contributed by atoms with Gasteiger partial charge in [-0.25, -0.2) is 4.79 Å². The van der Waals surface area contributed by atoms with Gasteiger partial charge in [-0.05, 0) is 32.9 Å². The molecule has 3 rings (SSSR count). The number of alkyl carbamates (subject to hydrolysis) is 1. The van der Waals surface area contributed by atoms with Crippen molar-refractivity contribution in [3.63, 3.8) is 0 Å². The highest BCUT2D eigenvalue weighted by Crippen LogP contribution is 2.42. The summed E-state index contributed by atoms with van der Waals surface area (Å²) in [5.41, 5.74) is 2.05. The number of hydrogen-bond donors (Lipinski definition) is 2. The van der Waals surface area contributed by atoms with Crippen LogP contribution in [0.15, 0.2) is 36.7 Å². The number of aliphatic hydroxyl groups is 1. The second-order valence-electron chi connectivity index (χ2n) is 6.45. The molecule has 0 aromatic carbocycles. The maximum absolute atomic E-state index is 12.1. The Hall–Kier alpha value is -2.47. The third kappa shape index (κ3) is 3.03. The highest BCUT2D eigenvalue weighted by atomic mass is 16.6. The second-order valence-corrected chi connectivity index (χ2v) is 6.45. The fourth-order valence-corrected chi connectivity index (χ4v) is 2.66. The Labute approximate surface area is 134 Å². The van der Waals surface area contributed by atoms with Crippen molar-refractivity contribution in [2.24, 2.45) is 0 Å². The van der Waals surface area contributed by atoms with Crippen molar-refractivity contribution in [1.82, 2.24) is 15.3 Å². The van der Waals surface area contributed by atoms with Crippen LogP contribution in [0.1, 0.15) is 44.0 Å². The zero-order chi connectivity index (χ0) is 16.6. The van der Waals surface area contributed by atoms with Gasteiger partial charge in [0.25, 0.3) is 0 Å². The molecular formula is C17H19N3O3. The molecule has 0 spiro atoms. The quantitative estimate of drug-likeness (QED) is 0.845. The van der Waals surface area contributed by atoms with E-state index in [-0.39, 0.29) is 0 Å². The lowest BCUT2D eigenvalue weighted by molar-refractivity contribution is 0.0416. The number of aromatic nitrogens is 2. The Morgan fingerprint density at radius 1 is 1.13 bits per heavy atom. The van der Waals surface area contributed by atoms with E-state index in [1.54, 1.807) is 51.4 Å². The van der Waals surface area contributed by atoms with Crippen LogP contribution in [0, 0.1) is 0 Å². The predicted molar refractivity (Wildman–Crippen MR) is 84.5 cm³/mol. The lowest BCUT2D eigenvalue weighted by Crippen LogP contribution is -2.38. The van der Waals surface area contributed by atoms with Crippen LogP contribution in [0.25, 0.3) is 11.4 Å². The van der Waals surface area contributed by atoms with Crippen LogP contribution in [0.5, 0.6) is 0 Å². The normalized spacial score (nSPS) is 19.5. The van der Waals surface area contributed by atoms with Crippen LogP contribution in [0.4, 0.5) is 4.79 Å². The molecule has 1 aliphatic carbocycles. The maximum atomic E-state index is 12.1. The van der Waals surface area contributed by atoms with Crippen LogP contribution in [-0.2, 0) is 4.74 Å². The molecule has 2 heterocycles. The molecule has 23 heavy (non-hydrogen) atoms. The molecule has 0 bridgehead atoms. The number of carbonyl (C=O) groups excluding carboxylic acids is 1. The maximum Gasteiger partial charge on any atom is 0.408 e. The summed E-state index contributed by atoms with van der Waals surface area (Å²) in [6, 6.07) is 6.49. The molecule has 0 radical (unpaired) electrons. The Balaban J connectivity index is 1.98. The standard InChI is InChI=1S/C17H19N3O3/c1-17(2,3)23-16(22)20-14-10-6-4-8-18-12(10)13-11(15(14)21)7-5-9-19-13/h4-9,14-15,21H,1-3H3,(H,20,22)/t14-,15-/m0/s1. The van der Waals surface area contributed by atoms with Gasteiger partial charge in [-0.2, -0.15) is 0 Å². The van der Waals surface area contributed by atoms with E-state index in [0.717, 1.165) is 5.56 Å². The topological polar surface area (TPSA) is 84.3 Å². The molecule has 120 valence electrons. The summed E-state index contributed by atoms with van der Waals surface area (Å²) in [6.45, 7) is 5.37. The predicted octanol–water partition coefficient (Wildman–Crippen LogP) is 2.76. The smallest absolute Gasteiger partial charge is 0.408 e. The number of hydrogen-bond acceptors (Lipinski definition) is 5. The average molecular weight is 313 g/mol. The van der Waals surface area contributed by atoms with E-state index >= 15 is 0 Å². The van der Waals surface area contributed by atoms with E-state index in [0.29, 0.717) is 17.0 Å². The molecule has 2 N–H and O–H groups in total. The minimum Gasteiger partial charge on any atom is -0.444 e. The number of carbonyl (C=O) groups is 1. The zero-order valence-electron chi connectivity index (χ0n) is 13.3. The summed E-state index contributed by atoms with van der Waals surface area (Å²) in [6.07, 6.45) is 1.83. The largest absolute Gasteiger partial charge is 0.444 e. The fraction of sp³-hybridized carbons (Fsp3) is 0.353. The number of pyridine rings is 2. The number of nitrogens with one attached hydrogen (secondary N) is 1. The number of rotatable bonds is 1. The van der Waals surface area contributed by atoms with E-state index < -0.39 is 23.8 Å². The highest BCUT2D eigenvalue weighted by Gasteiger charge is 2.35. The summed E-state index contributed by atoms with van der Waals surface area (Å²) >= 11 is 0. The molecule has 2 aromatic rings. The lowest BCUT2D eigenvalue weighted by Gasteiger charge is -2.32. The molecule has 1 amide bonds. The van der Waals surface area contributed by atoms with Gasteiger partial charge in [0.05, 0.1) is 17.4 Å². The Kier molecular flexibility index (Phi) is 3.77. The SMILES string of the molecule is CC(C)(C)OC(=O)N[C@H]1c2cccnc2-c2ncccc2[C@@H]1O. The first-order chi connectivity index (χ1) is 10.9. The second kappa shape index (κ2) is 5.62. The van der Waals surface area contributed by atoms with Gasteiger partial charge < -0.3 is 15.2 Å². The van der Waals surface area contributed by atoms with Crippen molar-refractivity contribution in [2.45, 2.75) is 38.5 Å². The van der Waals surface area contributed by atoms with E-state index in [1.165, 1.54) is 0 Å². The van der Waals surface area contributed by atoms with Gasteiger partial charge in [-0.3, -0.25) is 9.97 Å². The van der Waals surface area contributed by atoms with Gasteiger partial charge in [-0.15, -0.1) is 0 Å². The summed E-state index contributed by atoms with van der Waals surface area (Å²) in [7, 11) is 0. The molecule has 0 fully saturated rings. The molecule has 0 saturated carbocycles. The monoisotopic (exact) mass is 313 g/mol. The molecule has 2 atom stereocenters. The van der Waals surface area contributed by atoms with E-state index in [2.05, 4.69) is 15.3 Å². The third-order valence-corrected chi connectivity index (χ3v) is 3.54. The van der Waals surface area contributed by atoms with Crippen molar-refractivity contribution in [2.75, 3.05) is 0 Å². The van der Waals surface area contributed by atoms with Crippen molar-refractivity contribution >= 4 is 6.09 Å². The number of ether oxygens (including phenoxy) is 1. The van der Waals surface area contributed by atoms with Crippen LogP contribution in [0.3, 0.4) is 0 Å². The summed E-state index contributed by atoms with van der Waals surface area (Å²) in [5.74, 6) is 0. The van der Waals surface area contributed by atoms with E-state index in [9.17, 15) is 9.90 Å². The number of aliphatic hydroxyl groups excluding tert-OH is 1. The number of amides is 1. The summed E-state index contributed by atoms with van der Waals surface area (Å²) < 4.78 is 5.29. The van der Waals surface area contributed by atoms with Gasteiger partial charge in [-0.1, -0.05) is 12.1 Å². The Morgan fingerprint density at radius 3 is 2.30 bits per heavy atom. The van der Waals surface area contributed by atoms with Gasteiger partial charge in [0.1, 0.15) is 11.7 Å².